The van der Waals surface area contributed by atoms with Gasteiger partial charge in [-0.05, 0) is 25.0 Å². The summed E-state index contributed by atoms with van der Waals surface area (Å²) in [4.78, 5) is 12.3. The van der Waals surface area contributed by atoms with Gasteiger partial charge in [0.15, 0.2) is 0 Å². The molecule has 0 heterocycles. The van der Waals surface area contributed by atoms with Crippen molar-refractivity contribution in [3.63, 3.8) is 0 Å². The first-order chi connectivity index (χ1) is 9.85. The van der Waals surface area contributed by atoms with Crippen LogP contribution in [0, 0.1) is 5.92 Å². The second-order valence-electron chi connectivity index (χ2n) is 5.28. The van der Waals surface area contributed by atoms with Crippen molar-refractivity contribution in [1.82, 2.24) is 5.32 Å². The molecule has 0 aromatic heterocycles. The van der Waals surface area contributed by atoms with Crippen molar-refractivity contribution in [1.29, 1.82) is 0 Å². The van der Waals surface area contributed by atoms with Crippen LogP contribution >= 0.6 is 12.2 Å². The molecule has 1 amide bonds. The van der Waals surface area contributed by atoms with Gasteiger partial charge in [0.25, 0.3) is 0 Å². The number of benzene rings is 1. The van der Waals surface area contributed by atoms with Gasteiger partial charge in [0.2, 0.25) is 5.91 Å². The van der Waals surface area contributed by atoms with E-state index in [1.165, 1.54) is 0 Å². The minimum atomic E-state index is -0.399. The van der Waals surface area contributed by atoms with E-state index in [-0.39, 0.29) is 10.9 Å². The predicted octanol–water partition coefficient (Wildman–Crippen LogP) is 1.90. The number of hydrogen-bond acceptors (Lipinski definition) is 4. The van der Waals surface area contributed by atoms with Crippen LogP contribution < -0.4 is 21.1 Å². The van der Waals surface area contributed by atoms with Crippen molar-refractivity contribution >= 4 is 28.8 Å². The van der Waals surface area contributed by atoms with Crippen LogP contribution in [-0.4, -0.2) is 30.6 Å². The molecule has 1 unspecified atom stereocenters. The van der Waals surface area contributed by atoms with Gasteiger partial charge in [-0.25, -0.2) is 0 Å². The molecule has 0 aliphatic carbocycles. The van der Waals surface area contributed by atoms with Gasteiger partial charge in [-0.2, -0.15) is 0 Å². The van der Waals surface area contributed by atoms with Crippen LogP contribution in [0.3, 0.4) is 0 Å². The molecule has 21 heavy (non-hydrogen) atoms. The predicted molar refractivity (Wildman–Crippen MR) is 89.8 cm³/mol. The maximum Gasteiger partial charge on any atom is 0.242 e. The lowest BCUT2D eigenvalue weighted by molar-refractivity contribution is -0.121. The lowest BCUT2D eigenvalue weighted by Crippen LogP contribution is -2.39. The minimum absolute atomic E-state index is 0.0691. The van der Waals surface area contributed by atoms with E-state index in [9.17, 15) is 4.79 Å². The summed E-state index contributed by atoms with van der Waals surface area (Å²) >= 11 is 5.03. The Morgan fingerprint density at radius 2 is 2.05 bits per heavy atom. The lowest BCUT2D eigenvalue weighted by Gasteiger charge is -2.19. The molecule has 1 aromatic rings. The highest BCUT2D eigenvalue weighted by Crippen LogP contribution is 2.23. The Hall–Kier alpha value is -1.82. The Balaban J connectivity index is 2.85. The zero-order valence-electron chi connectivity index (χ0n) is 12.9. The summed E-state index contributed by atoms with van der Waals surface area (Å²) in [5, 5.41) is 6.01. The highest BCUT2D eigenvalue weighted by molar-refractivity contribution is 7.80. The summed E-state index contributed by atoms with van der Waals surface area (Å²) in [7, 11) is 1.58. The van der Waals surface area contributed by atoms with Crippen molar-refractivity contribution in [2.24, 2.45) is 11.7 Å². The fourth-order valence-electron chi connectivity index (χ4n) is 1.74. The van der Waals surface area contributed by atoms with Crippen molar-refractivity contribution in [3.05, 3.63) is 23.8 Å². The molecule has 0 aliphatic heterocycles. The van der Waals surface area contributed by atoms with Gasteiger partial charge in [0, 0.05) is 23.9 Å². The third-order valence-corrected chi connectivity index (χ3v) is 3.16. The molecule has 1 rings (SSSR count). The molecule has 1 aromatic carbocycles. The maximum atomic E-state index is 12.0. The van der Waals surface area contributed by atoms with Gasteiger partial charge < -0.3 is 21.1 Å². The van der Waals surface area contributed by atoms with Gasteiger partial charge in [0.1, 0.15) is 16.8 Å². The smallest absolute Gasteiger partial charge is 0.242 e. The SMILES string of the molecule is COc1ccc(C(N)=S)c(NC(C)C(=O)NCC(C)C)c1. The van der Waals surface area contributed by atoms with Gasteiger partial charge in [-0.1, -0.05) is 26.1 Å². The molecule has 0 saturated heterocycles. The molecule has 4 N–H and O–H groups in total. The molecule has 1 atom stereocenters. The molecule has 0 radical (unpaired) electrons. The lowest BCUT2D eigenvalue weighted by atomic mass is 10.1. The number of thiocarbonyl (C=S) groups is 1. The van der Waals surface area contributed by atoms with E-state index in [0.717, 1.165) is 0 Å². The second-order valence-corrected chi connectivity index (χ2v) is 5.72. The molecule has 116 valence electrons. The van der Waals surface area contributed by atoms with E-state index in [0.29, 0.717) is 29.5 Å². The summed E-state index contributed by atoms with van der Waals surface area (Å²) in [6.45, 7) is 6.53. The van der Waals surface area contributed by atoms with Crippen LogP contribution in [0.2, 0.25) is 0 Å². The summed E-state index contributed by atoms with van der Waals surface area (Å²) < 4.78 is 5.19. The van der Waals surface area contributed by atoms with Gasteiger partial charge >= 0.3 is 0 Å². The number of carbonyl (C=O) groups is 1. The number of amides is 1. The minimum Gasteiger partial charge on any atom is -0.497 e. The third kappa shape index (κ3) is 5.23. The summed E-state index contributed by atoms with van der Waals surface area (Å²) in [6.07, 6.45) is 0. The van der Waals surface area contributed by atoms with Crippen molar-refractivity contribution in [3.8, 4) is 5.75 Å². The molecular formula is C15H23N3O2S. The fraction of sp³-hybridized carbons (Fsp3) is 0.467. The Labute approximate surface area is 131 Å². The zero-order chi connectivity index (χ0) is 16.0. The summed E-state index contributed by atoms with van der Waals surface area (Å²) in [5.74, 6) is 1.01. The number of hydrogen-bond donors (Lipinski definition) is 3. The van der Waals surface area contributed by atoms with Crippen LogP contribution in [0.1, 0.15) is 26.3 Å². The summed E-state index contributed by atoms with van der Waals surface area (Å²) in [6, 6.07) is 4.94. The number of nitrogens with one attached hydrogen (secondary N) is 2. The first-order valence-electron chi connectivity index (χ1n) is 6.87. The quantitative estimate of drug-likeness (QED) is 0.671. The first-order valence-corrected chi connectivity index (χ1v) is 7.28. The highest BCUT2D eigenvalue weighted by atomic mass is 32.1. The molecule has 0 aliphatic rings. The third-order valence-electron chi connectivity index (χ3n) is 2.94. The van der Waals surface area contributed by atoms with Crippen LogP contribution in [0.4, 0.5) is 5.69 Å². The molecule has 0 fully saturated rings. The van der Waals surface area contributed by atoms with Crippen molar-refractivity contribution < 1.29 is 9.53 Å². The Kier molecular flexibility index (Phi) is 6.42. The number of nitrogens with two attached hydrogens (primary N) is 1. The molecule has 0 bridgehead atoms. The van der Waals surface area contributed by atoms with Crippen LogP contribution in [0.15, 0.2) is 18.2 Å². The van der Waals surface area contributed by atoms with Crippen LogP contribution in [-0.2, 0) is 4.79 Å². The summed E-state index contributed by atoms with van der Waals surface area (Å²) in [5.41, 5.74) is 7.08. The zero-order valence-corrected chi connectivity index (χ0v) is 13.7. The normalized spacial score (nSPS) is 11.9. The Morgan fingerprint density at radius 1 is 1.38 bits per heavy atom. The average Bonchev–Trinajstić information content (AvgIpc) is 2.43. The van der Waals surface area contributed by atoms with Gasteiger partial charge in [0.05, 0.1) is 7.11 Å². The number of anilines is 1. The van der Waals surface area contributed by atoms with E-state index >= 15 is 0 Å². The van der Waals surface area contributed by atoms with E-state index in [1.54, 1.807) is 32.2 Å². The monoisotopic (exact) mass is 309 g/mol. The highest BCUT2D eigenvalue weighted by Gasteiger charge is 2.15. The standard InChI is InChI=1S/C15H23N3O2S/c1-9(2)8-17-15(19)10(3)18-13-7-11(20-4)5-6-12(13)14(16)21/h5-7,9-10,18H,8H2,1-4H3,(H2,16,21)(H,17,19). The fourth-order valence-corrected chi connectivity index (χ4v) is 1.92. The van der Waals surface area contributed by atoms with E-state index < -0.39 is 6.04 Å². The van der Waals surface area contributed by atoms with Crippen molar-refractivity contribution in [2.75, 3.05) is 19.0 Å². The number of carbonyl (C=O) groups excluding carboxylic acids is 1. The van der Waals surface area contributed by atoms with Crippen molar-refractivity contribution in [2.45, 2.75) is 26.8 Å². The number of rotatable bonds is 7. The topological polar surface area (TPSA) is 76.4 Å². The van der Waals surface area contributed by atoms with E-state index in [4.69, 9.17) is 22.7 Å². The van der Waals surface area contributed by atoms with Gasteiger partial charge in [-0.3, -0.25) is 4.79 Å². The number of methoxy groups -OCH3 is 1. The molecule has 5 nitrogen and oxygen atoms in total. The van der Waals surface area contributed by atoms with Gasteiger partial charge in [-0.15, -0.1) is 0 Å². The molecule has 0 spiro atoms. The average molecular weight is 309 g/mol. The Bertz CT molecular complexity index is 518. The first kappa shape index (κ1) is 17.2. The second kappa shape index (κ2) is 7.83. The largest absolute Gasteiger partial charge is 0.497 e. The molecule has 0 saturated carbocycles. The molecule has 6 heteroatoms. The Morgan fingerprint density at radius 3 is 2.57 bits per heavy atom. The van der Waals surface area contributed by atoms with E-state index in [1.807, 2.05) is 13.8 Å². The number of ether oxygens (including phenoxy) is 1. The van der Waals surface area contributed by atoms with E-state index in [2.05, 4.69) is 10.6 Å². The van der Waals surface area contributed by atoms with Crippen LogP contribution in [0.25, 0.3) is 0 Å². The van der Waals surface area contributed by atoms with Crippen LogP contribution in [0.5, 0.6) is 5.75 Å². The molecular weight excluding hydrogens is 286 g/mol. The maximum absolute atomic E-state index is 12.0.